The van der Waals surface area contributed by atoms with Gasteiger partial charge in [0.2, 0.25) is 5.91 Å². The van der Waals surface area contributed by atoms with Crippen LogP contribution < -0.4 is 10.6 Å². The summed E-state index contributed by atoms with van der Waals surface area (Å²) in [4.78, 5) is 28.0. The Bertz CT molecular complexity index is 683. The molecule has 0 spiro atoms. The number of nitrogens with one attached hydrogen (secondary N) is 2. The van der Waals surface area contributed by atoms with E-state index in [1.807, 2.05) is 38.1 Å². The lowest BCUT2D eigenvalue weighted by atomic mass is 10.2. The molecule has 1 aromatic rings. The molecule has 1 aromatic carbocycles. The summed E-state index contributed by atoms with van der Waals surface area (Å²) in [6.45, 7) is 3.83. The van der Waals surface area contributed by atoms with Crippen LogP contribution in [0.4, 0.5) is 11.4 Å². The number of amides is 1. The number of fused-ring (bicyclic) bond motifs is 1. The fourth-order valence-electron chi connectivity index (χ4n) is 2.09. The Morgan fingerprint density at radius 3 is 2.79 bits per heavy atom. The normalized spacial score (nSPS) is 13.2. The first-order valence-electron chi connectivity index (χ1n) is 7.62. The fraction of sp³-hybridized carbons (Fsp3) is 0.353. The number of esters is 1. The molecule has 0 aromatic heterocycles. The molecule has 7 heteroatoms. The van der Waals surface area contributed by atoms with E-state index in [1.165, 1.54) is 18.9 Å². The quantitative estimate of drug-likeness (QED) is 0.801. The number of carbonyl (C=O) groups is 2. The monoisotopic (exact) mass is 347 g/mol. The lowest BCUT2D eigenvalue weighted by Gasteiger charge is -2.09. The van der Waals surface area contributed by atoms with Crippen molar-refractivity contribution in [3.8, 4) is 0 Å². The predicted molar refractivity (Wildman–Crippen MR) is 97.6 cm³/mol. The zero-order valence-corrected chi connectivity index (χ0v) is 14.8. The van der Waals surface area contributed by atoms with Gasteiger partial charge in [0.1, 0.15) is 0 Å². The summed E-state index contributed by atoms with van der Waals surface area (Å²) in [5.74, 6) is -0.123. The first-order valence-corrected chi connectivity index (χ1v) is 8.60. The van der Waals surface area contributed by atoms with Crippen molar-refractivity contribution in [3.63, 3.8) is 0 Å². The molecule has 0 saturated heterocycles. The molecule has 0 radical (unpaired) electrons. The second-order valence-electron chi connectivity index (χ2n) is 5.53. The zero-order valence-electron chi connectivity index (χ0n) is 14.0. The molecule has 1 heterocycles. The Hall–Kier alpha value is -2.28. The highest BCUT2D eigenvalue weighted by atomic mass is 32.2. The molecule has 0 aliphatic carbocycles. The van der Waals surface area contributed by atoms with Gasteiger partial charge in [0.25, 0.3) is 0 Å². The van der Waals surface area contributed by atoms with Crippen molar-refractivity contribution in [3.05, 3.63) is 36.0 Å². The van der Waals surface area contributed by atoms with Gasteiger partial charge in [-0.25, -0.2) is 4.99 Å². The van der Waals surface area contributed by atoms with E-state index in [2.05, 4.69) is 15.6 Å². The highest BCUT2D eigenvalue weighted by Gasteiger charge is 2.15. The highest BCUT2D eigenvalue weighted by Crippen LogP contribution is 2.30. The third-order valence-electron chi connectivity index (χ3n) is 3.09. The molecular formula is C17H21N3O3S. The Morgan fingerprint density at radius 1 is 1.33 bits per heavy atom. The van der Waals surface area contributed by atoms with Gasteiger partial charge in [-0.05, 0) is 32.1 Å². The van der Waals surface area contributed by atoms with Crippen molar-refractivity contribution >= 4 is 40.1 Å². The van der Waals surface area contributed by atoms with Crippen LogP contribution in [0.3, 0.4) is 0 Å². The minimum absolute atomic E-state index is 0.0499. The molecule has 2 N–H and O–H groups in total. The number of para-hydroxylation sites is 2. The van der Waals surface area contributed by atoms with Crippen molar-refractivity contribution in [2.45, 2.75) is 26.3 Å². The van der Waals surface area contributed by atoms with E-state index in [-0.39, 0.29) is 30.1 Å². The van der Waals surface area contributed by atoms with E-state index in [1.54, 1.807) is 6.08 Å². The summed E-state index contributed by atoms with van der Waals surface area (Å²) in [7, 11) is 1.35. The minimum atomic E-state index is -0.338. The number of benzene rings is 1. The van der Waals surface area contributed by atoms with Crippen molar-refractivity contribution < 1.29 is 14.3 Å². The van der Waals surface area contributed by atoms with Crippen LogP contribution in [0.5, 0.6) is 0 Å². The molecule has 0 unspecified atom stereocenters. The second-order valence-corrected chi connectivity index (χ2v) is 6.52. The Balaban J connectivity index is 2.18. The first-order chi connectivity index (χ1) is 11.5. The summed E-state index contributed by atoms with van der Waals surface area (Å²) >= 11 is 1.33. The molecule has 128 valence electrons. The lowest BCUT2D eigenvalue weighted by Crippen LogP contribution is -2.31. The van der Waals surface area contributed by atoms with Gasteiger partial charge in [0, 0.05) is 11.7 Å². The minimum Gasteiger partial charge on any atom is -0.469 e. The molecule has 0 atom stereocenters. The maximum Gasteiger partial charge on any atom is 0.311 e. The molecule has 24 heavy (non-hydrogen) atoms. The molecule has 1 amide bonds. The number of aliphatic imine (C=N–C) groups is 1. The van der Waals surface area contributed by atoms with Crippen LogP contribution in [-0.4, -0.2) is 35.8 Å². The molecule has 0 bridgehead atoms. The standard InChI is InChI=1S/C17H21N3O3S/c1-11(2)18-15(21)10-24-16-8-12(9-17(22)23-3)19-13-6-4-5-7-14(13)20-16/h4-8,11,19H,9-10H2,1-3H3,(H,18,21). The molecule has 1 aliphatic rings. The molecule has 2 rings (SSSR count). The van der Waals surface area contributed by atoms with Crippen molar-refractivity contribution in [2.75, 3.05) is 18.2 Å². The number of thioether (sulfide) groups is 1. The Morgan fingerprint density at radius 2 is 2.08 bits per heavy atom. The number of anilines is 1. The van der Waals surface area contributed by atoms with Crippen LogP contribution in [0.25, 0.3) is 0 Å². The van der Waals surface area contributed by atoms with Gasteiger partial charge in [-0.15, -0.1) is 0 Å². The topological polar surface area (TPSA) is 79.8 Å². The second kappa shape index (κ2) is 8.54. The van der Waals surface area contributed by atoms with E-state index in [4.69, 9.17) is 4.74 Å². The number of rotatable bonds is 5. The number of methoxy groups -OCH3 is 1. The van der Waals surface area contributed by atoms with Gasteiger partial charge in [-0.1, -0.05) is 23.9 Å². The SMILES string of the molecule is COC(=O)CC1=CC(SCC(=O)NC(C)C)=Nc2ccccc2N1. The molecule has 6 nitrogen and oxygen atoms in total. The number of ether oxygens (including phenoxy) is 1. The molecule has 0 fully saturated rings. The van der Waals surface area contributed by atoms with Crippen molar-refractivity contribution in [1.82, 2.24) is 5.32 Å². The van der Waals surface area contributed by atoms with Crippen LogP contribution in [0.15, 0.2) is 41.0 Å². The number of hydrogen-bond acceptors (Lipinski definition) is 6. The Labute approximate surface area is 145 Å². The van der Waals surface area contributed by atoms with Gasteiger partial charge < -0.3 is 15.4 Å². The first kappa shape index (κ1) is 18.1. The number of nitrogens with zero attached hydrogens (tertiary/aromatic N) is 1. The summed E-state index contributed by atoms with van der Waals surface area (Å²) in [5.41, 5.74) is 2.26. The van der Waals surface area contributed by atoms with Gasteiger partial charge in [0.05, 0.1) is 35.7 Å². The third-order valence-corrected chi connectivity index (χ3v) is 4.00. The molecule has 1 aliphatic heterocycles. The van der Waals surface area contributed by atoms with Gasteiger partial charge in [-0.3, -0.25) is 9.59 Å². The number of hydrogen-bond donors (Lipinski definition) is 2. The maximum atomic E-state index is 11.8. The summed E-state index contributed by atoms with van der Waals surface area (Å²) < 4.78 is 4.73. The summed E-state index contributed by atoms with van der Waals surface area (Å²) in [6, 6.07) is 7.66. The van der Waals surface area contributed by atoms with Gasteiger partial charge in [0.15, 0.2) is 0 Å². The van der Waals surface area contributed by atoms with Crippen LogP contribution >= 0.6 is 11.8 Å². The molecule has 0 saturated carbocycles. The highest BCUT2D eigenvalue weighted by molar-refractivity contribution is 8.14. The van der Waals surface area contributed by atoms with Gasteiger partial charge in [-0.2, -0.15) is 0 Å². The van der Waals surface area contributed by atoms with Crippen molar-refractivity contribution in [1.29, 1.82) is 0 Å². The summed E-state index contributed by atoms with van der Waals surface area (Å²) in [6.07, 6.45) is 1.90. The summed E-state index contributed by atoms with van der Waals surface area (Å²) in [5, 5.41) is 6.72. The van der Waals surface area contributed by atoms with E-state index < -0.39 is 0 Å². The fourth-order valence-corrected chi connectivity index (χ4v) is 2.84. The lowest BCUT2D eigenvalue weighted by molar-refractivity contribution is -0.139. The zero-order chi connectivity index (χ0) is 17.5. The van der Waals surface area contributed by atoms with Crippen LogP contribution in [0.2, 0.25) is 0 Å². The van der Waals surface area contributed by atoms with E-state index in [9.17, 15) is 9.59 Å². The predicted octanol–water partition coefficient (Wildman–Crippen LogP) is 2.85. The van der Waals surface area contributed by atoms with Crippen LogP contribution in [0, 0.1) is 0 Å². The largest absolute Gasteiger partial charge is 0.469 e. The van der Waals surface area contributed by atoms with Crippen LogP contribution in [-0.2, 0) is 14.3 Å². The van der Waals surface area contributed by atoms with E-state index in [0.717, 1.165) is 11.4 Å². The third kappa shape index (κ3) is 5.42. The van der Waals surface area contributed by atoms with E-state index >= 15 is 0 Å². The Kier molecular flexibility index (Phi) is 6.43. The van der Waals surface area contributed by atoms with E-state index in [0.29, 0.717) is 10.7 Å². The number of carbonyl (C=O) groups excluding carboxylic acids is 2. The molecular weight excluding hydrogens is 326 g/mol. The smallest absolute Gasteiger partial charge is 0.311 e. The van der Waals surface area contributed by atoms with Crippen molar-refractivity contribution in [2.24, 2.45) is 4.99 Å². The average molecular weight is 347 g/mol. The van der Waals surface area contributed by atoms with Gasteiger partial charge >= 0.3 is 5.97 Å². The maximum absolute atomic E-state index is 11.8. The average Bonchev–Trinajstić information content (AvgIpc) is 2.70. The van der Waals surface area contributed by atoms with Crippen LogP contribution in [0.1, 0.15) is 20.3 Å².